The van der Waals surface area contributed by atoms with Crippen LogP contribution in [0.15, 0.2) is 17.5 Å². The Morgan fingerprint density at radius 1 is 1.29 bits per heavy atom. The number of nitrogens with zero attached hydrogens (tertiary/aromatic N) is 1. The highest BCUT2D eigenvalue weighted by molar-refractivity contribution is 7.09. The number of benzene rings is 1. The van der Waals surface area contributed by atoms with E-state index in [1.165, 1.54) is 18.4 Å². The molecule has 90 valence electrons. The van der Waals surface area contributed by atoms with Gasteiger partial charge in [-0.15, -0.1) is 11.3 Å². The van der Waals surface area contributed by atoms with Crippen molar-refractivity contribution in [3.63, 3.8) is 0 Å². The van der Waals surface area contributed by atoms with Crippen LogP contribution in [0.2, 0.25) is 0 Å². The summed E-state index contributed by atoms with van der Waals surface area (Å²) < 4.78 is 31.9. The summed E-state index contributed by atoms with van der Waals surface area (Å²) in [4.78, 5) is 4.23. The zero-order valence-corrected chi connectivity index (χ0v) is 10.3. The van der Waals surface area contributed by atoms with Crippen molar-refractivity contribution >= 4 is 11.3 Å². The molecule has 0 aliphatic heterocycles. The van der Waals surface area contributed by atoms with Gasteiger partial charge in [0.05, 0.1) is 17.8 Å². The van der Waals surface area contributed by atoms with Gasteiger partial charge in [0.25, 0.3) is 0 Å². The Hall–Kier alpha value is -1.49. The fourth-order valence-electron chi connectivity index (χ4n) is 1.48. The summed E-state index contributed by atoms with van der Waals surface area (Å²) in [5.41, 5.74) is 0.630. The third-order valence-corrected chi connectivity index (χ3v) is 3.36. The minimum atomic E-state index is -0.588. The van der Waals surface area contributed by atoms with Crippen molar-refractivity contribution in [3.05, 3.63) is 34.2 Å². The van der Waals surface area contributed by atoms with E-state index in [2.05, 4.69) is 4.98 Å². The number of thiazole rings is 1. The summed E-state index contributed by atoms with van der Waals surface area (Å²) >= 11 is 1.44. The first-order valence-electron chi connectivity index (χ1n) is 5.13. The Morgan fingerprint density at radius 2 is 2.06 bits per heavy atom. The van der Waals surface area contributed by atoms with Crippen molar-refractivity contribution in [2.45, 2.75) is 13.3 Å². The molecule has 17 heavy (non-hydrogen) atoms. The minimum absolute atomic E-state index is 0.0998. The molecule has 0 atom stereocenters. The van der Waals surface area contributed by atoms with Crippen LogP contribution in [0, 0.1) is 11.6 Å². The summed E-state index contributed by atoms with van der Waals surface area (Å²) in [6, 6.07) is 2.15. The second-order valence-electron chi connectivity index (χ2n) is 3.45. The highest BCUT2D eigenvalue weighted by Gasteiger charge is 2.14. The minimum Gasteiger partial charge on any atom is -0.494 e. The maximum atomic E-state index is 13.7. The molecule has 0 amide bonds. The van der Waals surface area contributed by atoms with E-state index in [1.807, 2.05) is 6.92 Å². The standard InChI is InChI=1S/C12H11F2NOS/c1-3-12-15-10(6-17-12)7-4-9(14)11(16-2)5-8(7)13/h4-6H,3H2,1-2H3. The van der Waals surface area contributed by atoms with Gasteiger partial charge in [0.1, 0.15) is 5.82 Å². The van der Waals surface area contributed by atoms with Crippen LogP contribution in [0.4, 0.5) is 8.78 Å². The molecule has 0 spiro atoms. The molecule has 1 heterocycles. The molecule has 1 aromatic heterocycles. The van der Waals surface area contributed by atoms with E-state index >= 15 is 0 Å². The lowest BCUT2D eigenvalue weighted by Gasteiger charge is -2.05. The third-order valence-electron chi connectivity index (χ3n) is 2.37. The van der Waals surface area contributed by atoms with Gasteiger partial charge in [-0.3, -0.25) is 0 Å². The van der Waals surface area contributed by atoms with Crippen LogP contribution in [0.3, 0.4) is 0 Å². The predicted molar refractivity (Wildman–Crippen MR) is 63.4 cm³/mol. The quantitative estimate of drug-likeness (QED) is 0.835. The molecule has 0 bridgehead atoms. The van der Waals surface area contributed by atoms with Gasteiger partial charge in [-0.25, -0.2) is 13.8 Å². The fraction of sp³-hybridized carbons (Fsp3) is 0.250. The number of ether oxygens (including phenoxy) is 1. The molecular formula is C12H11F2NOS. The SMILES string of the molecule is CCc1nc(-c2cc(F)c(OC)cc2F)cs1. The Labute approximate surface area is 102 Å². The van der Waals surface area contributed by atoms with Crippen molar-refractivity contribution in [1.82, 2.24) is 4.98 Å². The fourth-order valence-corrected chi connectivity index (χ4v) is 2.22. The summed E-state index contributed by atoms with van der Waals surface area (Å²) in [6.07, 6.45) is 0.783. The van der Waals surface area contributed by atoms with Crippen molar-refractivity contribution < 1.29 is 13.5 Å². The number of halogens is 2. The summed E-state index contributed by atoms with van der Waals surface area (Å²) in [6.45, 7) is 1.97. The molecule has 2 rings (SSSR count). The molecule has 2 aromatic rings. The first-order valence-corrected chi connectivity index (χ1v) is 6.01. The second kappa shape index (κ2) is 4.79. The van der Waals surface area contributed by atoms with Gasteiger partial charge in [0.2, 0.25) is 0 Å². The first-order chi connectivity index (χ1) is 8.15. The lowest BCUT2D eigenvalue weighted by atomic mass is 10.1. The van der Waals surface area contributed by atoms with Crippen LogP contribution < -0.4 is 4.74 Å². The Kier molecular flexibility index (Phi) is 3.38. The first kappa shape index (κ1) is 12.0. The summed E-state index contributed by atoms with van der Waals surface area (Å²) in [5.74, 6) is -1.22. The average Bonchev–Trinajstić information content (AvgIpc) is 2.80. The molecule has 0 aliphatic rings. The van der Waals surface area contributed by atoms with Gasteiger partial charge in [0.15, 0.2) is 11.6 Å². The normalized spacial score (nSPS) is 10.6. The van der Waals surface area contributed by atoms with Gasteiger partial charge in [-0.2, -0.15) is 0 Å². The van der Waals surface area contributed by atoms with E-state index in [1.54, 1.807) is 5.38 Å². The molecule has 0 radical (unpaired) electrons. The van der Waals surface area contributed by atoms with Crippen molar-refractivity contribution in [2.75, 3.05) is 7.11 Å². The summed E-state index contributed by atoms with van der Waals surface area (Å²) in [7, 11) is 1.30. The van der Waals surface area contributed by atoms with E-state index < -0.39 is 11.6 Å². The number of aryl methyl sites for hydroxylation is 1. The summed E-state index contributed by atoms with van der Waals surface area (Å²) in [5, 5.41) is 2.62. The lowest BCUT2D eigenvalue weighted by Crippen LogP contribution is -1.93. The third kappa shape index (κ3) is 2.29. The number of aromatic nitrogens is 1. The smallest absolute Gasteiger partial charge is 0.165 e. The molecule has 0 fully saturated rings. The topological polar surface area (TPSA) is 22.1 Å². The Balaban J connectivity index is 2.48. The number of methoxy groups -OCH3 is 1. The predicted octanol–water partition coefficient (Wildman–Crippen LogP) is 3.66. The molecule has 5 heteroatoms. The molecule has 0 aliphatic carbocycles. The maximum absolute atomic E-state index is 13.7. The molecule has 0 unspecified atom stereocenters. The molecule has 1 aromatic carbocycles. The van der Waals surface area contributed by atoms with Crippen LogP contribution in [-0.2, 0) is 6.42 Å². The van der Waals surface area contributed by atoms with Crippen LogP contribution in [0.1, 0.15) is 11.9 Å². The molecule has 0 saturated carbocycles. The van der Waals surface area contributed by atoms with E-state index in [0.29, 0.717) is 5.69 Å². The van der Waals surface area contributed by atoms with Crippen LogP contribution in [-0.4, -0.2) is 12.1 Å². The van der Waals surface area contributed by atoms with E-state index in [0.717, 1.165) is 23.6 Å². The van der Waals surface area contributed by atoms with Crippen LogP contribution in [0.25, 0.3) is 11.3 Å². The van der Waals surface area contributed by atoms with Crippen molar-refractivity contribution in [1.29, 1.82) is 0 Å². The molecule has 2 nitrogen and oxygen atoms in total. The molecular weight excluding hydrogens is 244 g/mol. The van der Waals surface area contributed by atoms with Gasteiger partial charge < -0.3 is 4.74 Å². The van der Waals surface area contributed by atoms with Crippen molar-refractivity contribution in [2.24, 2.45) is 0 Å². The van der Waals surface area contributed by atoms with Gasteiger partial charge in [-0.1, -0.05) is 6.92 Å². The Morgan fingerprint density at radius 3 is 2.65 bits per heavy atom. The zero-order valence-electron chi connectivity index (χ0n) is 9.46. The van der Waals surface area contributed by atoms with Crippen LogP contribution in [0.5, 0.6) is 5.75 Å². The van der Waals surface area contributed by atoms with Gasteiger partial charge in [-0.05, 0) is 12.5 Å². The van der Waals surface area contributed by atoms with Gasteiger partial charge >= 0.3 is 0 Å². The van der Waals surface area contributed by atoms with Crippen molar-refractivity contribution in [3.8, 4) is 17.0 Å². The number of rotatable bonds is 3. The maximum Gasteiger partial charge on any atom is 0.165 e. The van der Waals surface area contributed by atoms with Gasteiger partial charge in [0, 0.05) is 17.0 Å². The largest absolute Gasteiger partial charge is 0.494 e. The van der Waals surface area contributed by atoms with E-state index in [4.69, 9.17) is 4.74 Å². The second-order valence-corrected chi connectivity index (χ2v) is 4.39. The highest BCUT2D eigenvalue weighted by atomic mass is 32.1. The lowest BCUT2D eigenvalue weighted by molar-refractivity contribution is 0.383. The highest BCUT2D eigenvalue weighted by Crippen LogP contribution is 2.29. The average molecular weight is 255 g/mol. The number of hydrogen-bond donors (Lipinski definition) is 0. The Bertz CT molecular complexity index is 539. The molecule has 0 N–H and O–H groups in total. The zero-order chi connectivity index (χ0) is 12.4. The molecule has 0 saturated heterocycles. The monoisotopic (exact) mass is 255 g/mol. The van der Waals surface area contributed by atoms with Crippen LogP contribution >= 0.6 is 11.3 Å². The number of hydrogen-bond acceptors (Lipinski definition) is 3. The van der Waals surface area contributed by atoms with E-state index in [9.17, 15) is 8.78 Å². The van der Waals surface area contributed by atoms with E-state index in [-0.39, 0.29) is 11.3 Å².